The van der Waals surface area contributed by atoms with Crippen LogP contribution in [-0.2, 0) is 6.54 Å². The van der Waals surface area contributed by atoms with Gasteiger partial charge in [-0.3, -0.25) is 14.6 Å². The third kappa shape index (κ3) is 2.83. The smallest absolute Gasteiger partial charge is 0.258 e. The number of rotatable bonds is 2. The summed E-state index contributed by atoms with van der Waals surface area (Å²) in [4.78, 5) is 32.1. The highest BCUT2D eigenvalue weighted by atomic mass is 16.2. The number of piperidine rings is 1. The molecule has 5 rings (SSSR count). The zero-order valence-corrected chi connectivity index (χ0v) is 15.5. The normalized spacial score (nSPS) is 20.5. The molecule has 5 heteroatoms. The van der Waals surface area contributed by atoms with Gasteiger partial charge in [0.05, 0.1) is 0 Å². The Balaban J connectivity index is 1.47. The first-order valence-corrected chi connectivity index (χ1v) is 9.69. The molecule has 0 spiro atoms. The average molecular weight is 371 g/mol. The molecule has 0 radical (unpaired) electrons. The van der Waals surface area contributed by atoms with E-state index in [2.05, 4.69) is 11.1 Å². The molecule has 0 aliphatic carbocycles. The number of fused-ring (bicyclic) bond motifs is 4. The van der Waals surface area contributed by atoms with Gasteiger partial charge < -0.3 is 9.47 Å². The van der Waals surface area contributed by atoms with Crippen molar-refractivity contribution in [2.75, 3.05) is 13.1 Å². The molecule has 28 heavy (non-hydrogen) atoms. The molecule has 0 saturated carbocycles. The van der Waals surface area contributed by atoms with Crippen LogP contribution < -0.4 is 5.56 Å². The number of pyridine rings is 2. The Hall–Kier alpha value is -3.21. The van der Waals surface area contributed by atoms with Gasteiger partial charge in [0.25, 0.3) is 11.5 Å². The summed E-state index contributed by atoms with van der Waals surface area (Å²) in [5, 5.41) is 0. The van der Waals surface area contributed by atoms with E-state index in [9.17, 15) is 9.59 Å². The lowest BCUT2D eigenvalue weighted by Gasteiger charge is -2.43. The summed E-state index contributed by atoms with van der Waals surface area (Å²) in [5.74, 6) is 0.592. The molecule has 5 nitrogen and oxygen atoms in total. The van der Waals surface area contributed by atoms with Crippen LogP contribution in [0.1, 0.15) is 28.4 Å². The summed E-state index contributed by atoms with van der Waals surface area (Å²) in [6.45, 7) is 2.03. The molecular weight excluding hydrogens is 350 g/mol. The van der Waals surface area contributed by atoms with Crippen molar-refractivity contribution in [2.45, 2.75) is 18.9 Å². The summed E-state index contributed by atoms with van der Waals surface area (Å²) in [7, 11) is 0. The van der Waals surface area contributed by atoms with Crippen LogP contribution in [0.2, 0.25) is 0 Å². The van der Waals surface area contributed by atoms with Gasteiger partial charge in [0, 0.05) is 60.3 Å². The third-order valence-electron chi connectivity index (χ3n) is 5.88. The maximum absolute atomic E-state index is 13.1. The van der Waals surface area contributed by atoms with Crippen molar-refractivity contribution in [1.82, 2.24) is 14.5 Å². The van der Waals surface area contributed by atoms with Crippen molar-refractivity contribution in [1.29, 1.82) is 0 Å². The fourth-order valence-electron chi connectivity index (χ4n) is 4.62. The summed E-state index contributed by atoms with van der Waals surface area (Å²) in [6, 6.07) is 17.2. The van der Waals surface area contributed by atoms with Gasteiger partial charge in [0.1, 0.15) is 0 Å². The van der Waals surface area contributed by atoms with Crippen LogP contribution in [0.5, 0.6) is 0 Å². The number of carbonyl (C=O) groups is 1. The van der Waals surface area contributed by atoms with Gasteiger partial charge in [0.15, 0.2) is 0 Å². The highest BCUT2D eigenvalue weighted by Crippen LogP contribution is 2.36. The number of carbonyl (C=O) groups excluding carboxylic acids is 1. The zero-order valence-electron chi connectivity index (χ0n) is 15.5. The second-order valence-electron chi connectivity index (χ2n) is 7.70. The molecule has 140 valence electrons. The fourth-order valence-corrected chi connectivity index (χ4v) is 4.62. The average Bonchev–Trinajstić information content (AvgIpc) is 2.75. The molecule has 0 N–H and O–H groups in total. The van der Waals surface area contributed by atoms with Crippen molar-refractivity contribution in [2.24, 2.45) is 5.92 Å². The SMILES string of the molecule is O=C(c1ccccc1)N1C[C@H]2C[C@H](C1)c1ccc(-c3cccnc3)c(=O)n1C2. The Kier molecular flexibility index (Phi) is 4.08. The van der Waals surface area contributed by atoms with E-state index in [1.54, 1.807) is 12.4 Å². The molecule has 2 aliphatic heterocycles. The first-order chi connectivity index (χ1) is 13.7. The Bertz CT molecular complexity index is 1080. The lowest BCUT2D eigenvalue weighted by atomic mass is 9.82. The van der Waals surface area contributed by atoms with E-state index in [1.165, 1.54) is 0 Å². The minimum absolute atomic E-state index is 0.0445. The summed E-state index contributed by atoms with van der Waals surface area (Å²) in [6.07, 6.45) is 4.47. The second kappa shape index (κ2) is 6.75. The minimum atomic E-state index is 0.0445. The number of likely N-dealkylation sites (tertiary alicyclic amines) is 1. The van der Waals surface area contributed by atoms with Crippen molar-refractivity contribution >= 4 is 5.91 Å². The van der Waals surface area contributed by atoms with Gasteiger partial charge in [-0.2, -0.15) is 0 Å². The van der Waals surface area contributed by atoms with E-state index < -0.39 is 0 Å². The first-order valence-electron chi connectivity index (χ1n) is 9.69. The Labute approximate surface area is 163 Å². The maximum Gasteiger partial charge on any atom is 0.258 e. The van der Waals surface area contributed by atoms with Gasteiger partial charge in [-0.05, 0) is 42.7 Å². The van der Waals surface area contributed by atoms with Crippen LogP contribution >= 0.6 is 0 Å². The predicted octanol–water partition coefficient (Wildman–Crippen LogP) is 3.17. The van der Waals surface area contributed by atoms with Gasteiger partial charge in [-0.1, -0.05) is 24.3 Å². The first kappa shape index (κ1) is 16.9. The standard InChI is InChI=1S/C23H21N3O2/c27-22(17-5-2-1-3-6-17)25-13-16-11-19(15-25)21-9-8-20(23(28)26(21)14-16)18-7-4-10-24-12-18/h1-10,12,16,19H,11,13-15H2/t16-,19-/m1/s1. The zero-order chi connectivity index (χ0) is 19.1. The van der Waals surface area contributed by atoms with Crippen LogP contribution in [0.15, 0.2) is 71.8 Å². The Morgan fingerprint density at radius 1 is 0.964 bits per heavy atom. The van der Waals surface area contributed by atoms with Crippen molar-refractivity contribution in [3.05, 3.63) is 88.6 Å². The van der Waals surface area contributed by atoms with Gasteiger partial charge in [-0.25, -0.2) is 0 Å². The molecule has 2 aromatic heterocycles. The molecule has 1 aromatic carbocycles. The van der Waals surface area contributed by atoms with Crippen LogP contribution in [0.3, 0.4) is 0 Å². The quantitative estimate of drug-likeness (QED) is 0.695. The molecule has 2 bridgehead atoms. The number of amides is 1. The number of aromatic nitrogens is 2. The second-order valence-corrected chi connectivity index (χ2v) is 7.70. The van der Waals surface area contributed by atoms with Gasteiger partial charge >= 0.3 is 0 Å². The molecule has 2 aliphatic rings. The lowest BCUT2D eigenvalue weighted by Crippen LogP contribution is -2.49. The monoisotopic (exact) mass is 371 g/mol. The highest BCUT2D eigenvalue weighted by molar-refractivity contribution is 5.94. The molecule has 0 unspecified atom stereocenters. The molecule has 4 heterocycles. The van der Waals surface area contributed by atoms with Crippen molar-refractivity contribution in [3.63, 3.8) is 0 Å². The van der Waals surface area contributed by atoms with Crippen LogP contribution in [-0.4, -0.2) is 33.4 Å². The maximum atomic E-state index is 13.1. The van der Waals surface area contributed by atoms with Crippen LogP contribution in [0.4, 0.5) is 0 Å². The van der Waals surface area contributed by atoms with E-state index in [0.717, 1.165) is 23.2 Å². The van der Waals surface area contributed by atoms with Crippen molar-refractivity contribution < 1.29 is 4.79 Å². The van der Waals surface area contributed by atoms with Gasteiger partial charge in [0.2, 0.25) is 0 Å². The molecular formula is C23H21N3O2. The predicted molar refractivity (Wildman–Crippen MR) is 107 cm³/mol. The molecule has 1 amide bonds. The number of benzene rings is 1. The topological polar surface area (TPSA) is 55.2 Å². The molecule has 1 fully saturated rings. The Morgan fingerprint density at radius 3 is 2.61 bits per heavy atom. The van der Waals surface area contributed by atoms with E-state index in [4.69, 9.17) is 0 Å². The number of hydrogen-bond donors (Lipinski definition) is 0. The molecule has 1 saturated heterocycles. The fraction of sp³-hybridized carbons (Fsp3) is 0.261. The summed E-state index contributed by atoms with van der Waals surface area (Å²) in [5.41, 5.74) is 3.35. The van der Waals surface area contributed by atoms with E-state index in [0.29, 0.717) is 31.1 Å². The minimum Gasteiger partial charge on any atom is -0.338 e. The summed E-state index contributed by atoms with van der Waals surface area (Å²) < 4.78 is 1.92. The van der Waals surface area contributed by atoms with E-state index in [-0.39, 0.29) is 17.4 Å². The number of hydrogen-bond acceptors (Lipinski definition) is 3. The lowest BCUT2D eigenvalue weighted by molar-refractivity contribution is 0.0594. The Morgan fingerprint density at radius 2 is 1.82 bits per heavy atom. The van der Waals surface area contributed by atoms with Crippen LogP contribution in [0, 0.1) is 5.92 Å². The summed E-state index contributed by atoms with van der Waals surface area (Å²) >= 11 is 0. The molecule has 2 atom stereocenters. The van der Waals surface area contributed by atoms with E-state index >= 15 is 0 Å². The molecule has 3 aromatic rings. The van der Waals surface area contributed by atoms with Gasteiger partial charge in [-0.15, -0.1) is 0 Å². The van der Waals surface area contributed by atoms with E-state index in [1.807, 2.05) is 58.0 Å². The largest absolute Gasteiger partial charge is 0.338 e. The highest BCUT2D eigenvalue weighted by Gasteiger charge is 2.36. The number of nitrogens with zero attached hydrogens (tertiary/aromatic N) is 3. The third-order valence-corrected chi connectivity index (χ3v) is 5.88. The van der Waals surface area contributed by atoms with Crippen LogP contribution in [0.25, 0.3) is 11.1 Å². The van der Waals surface area contributed by atoms with Crippen molar-refractivity contribution in [3.8, 4) is 11.1 Å².